The first-order chi connectivity index (χ1) is 9.19. The summed E-state index contributed by atoms with van der Waals surface area (Å²) in [5.41, 5.74) is 6.94. The van der Waals surface area contributed by atoms with Gasteiger partial charge in [-0.1, -0.05) is 5.16 Å². The van der Waals surface area contributed by atoms with Gasteiger partial charge in [-0.3, -0.25) is 0 Å². The summed E-state index contributed by atoms with van der Waals surface area (Å²) in [6, 6.07) is -0.228. The Labute approximate surface area is 116 Å². The van der Waals surface area contributed by atoms with Gasteiger partial charge in [0.2, 0.25) is 5.89 Å². The van der Waals surface area contributed by atoms with Crippen LogP contribution in [0.25, 0.3) is 0 Å². The molecule has 0 saturated heterocycles. The van der Waals surface area contributed by atoms with E-state index < -0.39 is 0 Å². The molecule has 1 atom stereocenters. The van der Waals surface area contributed by atoms with E-state index >= 15 is 0 Å². The summed E-state index contributed by atoms with van der Waals surface area (Å²) in [5, 5.41) is 6.98. The van der Waals surface area contributed by atoms with E-state index in [0.29, 0.717) is 24.7 Å². The second kappa shape index (κ2) is 6.74. The zero-order chi connectivity index (χ0) is 13.7. The topological polar surface area (TPSA) is 87.1 Å². The Morgan fingerprint density at radius 2 is 2.32 bits per heavy atom. The average Bonchev–Trinajstić information content (AvgIpc) is 3.00. The summed E-state index contributed by atoms with van der Waals surface area (Å²) in [6.07, 6.45) is 2.23. The minimum Gasteiger partial charge on any atom is -0.385 e. The third kappa shape index (κ3) is 4.09. The van der Waals surface area contributed by atoms with E-state index in [4.69, 9.17) is 15.0 Å². The minimum atomic E-state index is -0.228. The molecule has 2 aromatic heterocycles. The molecule has 1 unspecified atom stereocenters. The van der Waals surface area contributed by atoms with Crippen LogP contribution in [0.15, 0.2) is 9.90 Å². The fourth-order valence-electron chi connectivity index (χ4n) is 1.71. The van der Waals surface area contributed by atoms with Crippen molar-refractivity contribution in [2.75, 3.05) is 13.7 Å². The van der Waals surface area contributed by atoms with Gasteiger partial charge in [-0.05, 0) is 19.8 Å². The Bertz CT molecular complexity index is 511. The molecule has 7 heteroatoms. The SMILES string of the molecule is COCCCC(N)c1nc(Cc2csc(C)n2)no1. The van der Waals surface area contributed by atoms with Gasteiger partial charge in [0.15, 0.2) is 5.82 Å². The maximum absolute atomic E-state index is 5.98. The number of hydrogen-bond donors (Lipinski definition) is 1. The molecule has 2 aromatic rings. The highest BCUT2D eigenvalue weighted by Crippen LogP contribution is 2.16. The Morgan fingerprint density at radius 1 is 1.47 bits per heavy atom. The van der Waals surface area contributed by atoms with Gasteiger partial charge in [-0.15, -0.1) is 11.3 Å². The summed E-state index contributed by atoms with van der Waals surface area (Å²) < 4.78 is 10.2. The van der Waals surface area contributed by atoms with E-state index in [0.717, 1.165) is 23.5 Å². The highest BCUT2D eigenvalue weighted by molar-refractivity contribution is 7.09. The molecule has 0 bridgehead atoms. The summed E-state index contributed by atoms with van der Waals surface area (Å²) in [4.78, 5) is 8.68. The number of aromatic nitrogens is 3. The first-order valence-corrected chi connectivity index (χ1v) is 7.05. The Morgan fingerprint density at radius 3 is 3.00 bits per heavy atom. The smallest absolute Gasteiger partial charge is 0.243 e. The van der Waals surface area contributed by atoms with Gasteiger partial charge in [0, 0.05) is 19.1 Å². The number of nitrogens with two attached hydrogens (primary N) is 1. The van der Waals surface area contributed by atoms with Crippen LogP contribution in [0.2, 0.25) is 0 Å². The molecule has 19 heavy (non-hydrogen) atoms. The molecule has 0 aliphatic heterocycles. The van der Waals surface area contributed by atoms with E-state index in [1.807, 2.05) is 12.3 Å². The lowest BCUT2D eigenvalue weighted by molar-refractivity contribution is 0.188. The molecule has 0 fully saturated rings. The largest absolute Gasteiger partial charge is 0.385 e. The average molecular weight is 282 g/mol. The molecule has 6 nitrogen and oxygen atoms in total. The predicted molar refractivity (Wildman–Crippen MR) is 72.0 cm³/mol. The summed E-state index contributed by atoms with van der Waals surface area (Å²) in [5.74, 6) is 1.11. The summed E-state index contributed by atoms with van der Waals surface area (Å²) in [7, 11) is 1.67. The zero-order valence-corrected chi connectivity index (χ0v) is 11.9. The molecule has 0 amide bonds. The maximum Gasteiger partial charge on any atom is 0.243 e. The van der Waals surface area contributed by atoms with Gasteiger partial charge in [0.05, 0.1) is 23.2 Å². The van der Waals surface area contributed by atoms with Crippen molar-refractivity contribution in [2.45, 2.75) is 32.2 Å². The standard InChI is InChI=1S/C12H18N4O2S/c1-8-14-9(7-19-8)6-11-15-12(18-16-11)10(13)4-3-5-17-2/h7,10H,3-6,13H2,1-2H3. The van der Waals surface area contributed by atoms with Crippen molar-refractivity contribution in [1.29, 1.82) is 0 Å². The first-order valence-electron chi connectivity index (χ1n) is 6.17. The molecule has 2 N–H and O–H groups in total. The van der Waals surface area contributed by atoms with Crippen LogP contribution in [-0.4, -0.2) is 28.8 Å². The van der Waals surface area contributed by atoms with E-state index in [-0.39, 0.29) is 6.04 Å². The number of methoxy groups -OCH3 is 1. The first kappa shape index (κ1) is 14.1. The number of rotatable bonds is 7. The van der Waals surface area contributed by atoms with E-state index in [2.05, 4.69) is 15.1 Å². The van der Waals surface area contributed by atoms with Gasteiger partial charge < -0.3 is 15.0 Å². The van der Waals surface area contributed by atoms with Crippen LogP contribution < -0.4 is 5.73 Å². The molecule has 104 valence electrons. The predicted octanol–water partition coefficient (Wildman–Crippen LogP) is 1.85. The van der Waals surface area contributed by atoms with Crippen molar-refractivity contribution in [3.8, 4) is 0 Å². The molecular weight excluding hydrogens is 264 g/mol. The molecule has 0 spiro atoms. The van der Waals surface area contributed by atoms with Gasteiger partial charge in [0.25, 0.3) is 0 Å². The third-order valence-electron chi connectivity index (χ3n) is 2.67. The van der Waals surface area contributed by atoms with Crippen LogP contribution >= 0.6 is 11.3 Å². The fourth-order valence-corrected chi connectivity index (χ4v) is 2.32. The van der Waals surface area contributed by atoms with Crippen molar-refractivity contribution >= 4 is 11.3 Å². The number of nitrogens with zero attached hydrogens (tertiary/aromatic N) is 3. The quantitative estimate of drug-likeness (QED) is 0.780. The van der Waals surface area contributed by atoms with Crippen LogP contribution in [0.5, 0.6) is 0 Å². The van der Waals surface area contributed by atoms with E-state index in [1.54, 1.807) is 18.4 Å². The second-order valence-electron chi connectivity index (χ2n) is 4.33. The summed E-state index contributed by atoms with van der Waals surface area (Å²) >= 11 is 1.61. The highest BCUT2D eigenvalue weighted by atomic mass is 32.1. The molecule has 2 rings (SSSR count). The normalized spacial score (nSPS) is 12.8. The van der Waals surface area contributed by atoms with Crippen molar-refractivity contribution < 1.29 is 9.26 Å². The Hall–Kier alpha value is -1.31. The van der Waals surface area contributed by atoms with Crippen LogP contribution in [0.3, 0.4) is 0 Å². The lowest BCUT2D eigenvalue weighted by atomic mass is 10.2. The van der Waals surface area contributed by atoms with Crippen molar-refractivity contribution in [2.24, 2.45) is 5.73 Å². The molecule has 0 aliphatic carbocycles. The van der Waals surface area contributed by atoms with Gasteiger partial charge in [0.1, 0.15) is 0 Å². The lowest BCUT2D eigenvalue weighted by Crippen LogP contribution is -2.11. The van der Waals surface area contributed by atoms with Crippen LogP contribution in [0.4, 0.5) is 0 Å². The molecule has 0 aliphatic rings. The lowest BCUT2D eigenvalue weighted by Gasteiger charge is -2.04. The molecule has 0 radical (unpaired) electrons. The zero-order valence-electron chi connectivity index (χ0n) is 11.1. The van der Waals surface area contributed by atoms with E-state index in [1.165, 1.54) is 0 Å². The third-order valence-corrected chi connectivity index (χ3v) is 3.49. The Kier molecular flexibility index (Phi) is 5.00. The molecule has 0 aromatic carbocycles. The van der Waals surface area contributed by atoms with Crippen LogP contribution in [-0.2, 0) is 11.2 Å². The molecule has 0 saturated carbocycles. The highest BCUT2D eigenvalue weighted by Gasteiger charge is 2.15. The van der Waals surface area contributed by atoms with Gasteiger partial charge in [-0.25, -0.2) is 4.98 Å². The van der Waals surface area contributed by atoms with Crippen molar-refractivity contribution in [3.05, 3.63) is 27.8 Å². The number of hydrogen-bond acceptors (Lipinski definition) is 7. The maximum atomic E-state index is 5.98. The van der Waals surface area contributed by atoms with Crippen molar-refractivity contribution in [3.63, 3.8) is 0 Å². The van der Waals surface area contributed by atoms with Crippen LogP contribution in [0, 0.1) is 6.92 Å². The second-order valence-corrected chi connectivity index (χ2v) is 5.39. The number of ether oxygens (including phenoxy) is 1. The fraction of sp³-hybridized carbons (Fsp3) is 0.583. The molecule has 2 heterocycles. The van der Waals surface area contributed by atoms with Crippen LogP contribution in [0.1, 0.15) is 41.3 Å². The molecular formula is C12H18N4O2S. The number of thiazole rings is 1. The number of aryl methyl sites for hydroxylation is 1. The minimum absolute atomic E-state index is 0.228. The van der Waals surface area contributed by atoms with Gasteiger partial charge in [-0.2, -0.15) is 4.98 Å². The van der Waals surface area contributed by atoms with E-state index in [9.17, 15) is 0 Å². The van der Waals surface area contributed by atoms with Crippen molar-refractivity contribution in [1.82, 2.24) is 15.1 Å². The monoisotopic (exact) mass is 282 g/mol. The summed E-state index contributed by atoms with van der Waals surface area (Å²) in [6.45, 7) is 2.66. The van der Waals surface area contributed by atoms with Gasteiger partial charge >= 0.3 is 0 Å². The Balaban J connectivity index is 1.91.